The average molecular weight is 286 g/mol. The van der Waals surface area contributed by atoms with E-state index >= 15 is 0 Å². The predicted octanol–water partition coefficient (Wildman–Crippen LogP) is 2.70. The summed E-state index contributed by atoms with van der Waals surface area (Å²) in [5.74, 6) is 0. The van der Waals surface area contributed by atoms with Gasteiger partial charge in [0, 0.05) is 17.1 Å². The van der Waals surface area contributed by atoms with E-state index in [-0.39, 0.29) is 11.3 Å². The van der Waals surface area contributed by atoms with E-state index in [0.29, 0.717) is 22.4 Å². The van der Waals surface area contributed by atoms with Crippen molar-refractivity contribution < 1.29 is 8.42 Å². The van der Waals surface area contributed by atoms with E-state index in [1.54, 1.807) is 25.1 Å². The summed E-state index contributed by atoms with van der Waals surface area (Å²) in [4.78, 5) is 0.448. The minimum atomic E-state index is -3.18. The van der Waals surface area contributed by atoms with Crippen LogP contribution in [0.25, 0.3) is 0 Å². The molecule has 0 saturated heterocycles. The summed E-state index contributed by atoms with van der Waals surface area (Å²) in [5.41, 5.74) is 0.840. The molecule has 2 aliphatic rings. The Balaban J connectivity index is 2.08. The number of nitrogens with one attached hydrogen (secondary N) is 1. The molecule has 0 radical (unpaired) electrons. The molecular formula is C13H16ClNO2S. The lowest BCUT2D eigenvalue weighted by atomic mass is 10.0. The first-order chi connectivity index (χ1) is 8.48. The van der Waals surface area contributed by atoms with Crippen LogP contribution in [0.3, 0.4) is 0 Å². The van der Waals surface area contributed by atoms with E-state index in [1.165, 1.54) is 12.8 Å². The monoisotopic (exact) mass is 285 g/mol. The van der Waals surface area contributed by atoms with Gasteiger partial charge in [0.1, 0.15) is 0 Å². The van der Waals surface area contributed by atoms with Crippen LogP contribution in [0.15, 0.2) is 23.1 Å². The molecule has 1 saturated carbocycles. The van der Waals surface area contributed by atoms with Gasteiger partial charge >= 0.3 is 0 Å². The second-order valence-electron chi connectivity index (χ2n) is 5.27. The number of hydrogen-bond donors (Lipinski definition) is 1. The molecule has 1 aliphatic heterocycles. The van der Waals surface area contributed by atoms with Crippen molar-refractivity contribution in [3.63, 3.8) is 0 Å². The summed E-state index contributed by atoms with van der Waals surface area (Å²) >= 11 is 6.00. The van der Waals surface area contributed by atoms with E-state index < -0.39 is 9.84 Å². The number of halogens is 1. The highest BCUT2D eigenvalue weighted by molar-refractivity contribution is 7.92. The van der Waals surface area contributed by atoms with Crippen LogP contribution >= 0.6 is 11.6 Å². The fraction of sp³-hybridized carbons (Fsp3) is 0.538. The standard InChI is InChI=1S/C13H16ClNO2S/c1-8-6-12(15-10-3-4-10)11-7-9(14)2-5-13(11)18(8,16)17/h2,5,7-8,10,12,15H,3-4,6H2,1H3. The number of rotatable bonds is 2. The summed E-state index contributed by atoms with van der Waals surface area (Å²) < 4.78 is 24.6. The van der Waals surface area contributed by atoms with Crippen LogP contribution in [0.5, 0.6) is 0 Å². The molecule has 98 valence electrons. The SMILES string of the molecule is CC1CC(NC2CC2)c2cc(Cl)ccc2S1(=O)=O. The van der Waals surface area contributed by atoms with Crippen molar-refractivity contribution >= 4 is 21.4 Å². The van der Waals surface area contributed by atoms with Crippen molar-refractivity contribution in [1.82, 2.24) is 5.32 Å². The quantitative estimate of drug-likeness (QED) is 0.909. The number of benzene rings is 1. The molecule has 2 unspecified atom stereocenters. The molecule has 0 spiro atoms. The zero-order chi connectivity index (χ0) is 12.9. The Kier molecular flexibility index (Phi) is 2.92. The third-order valence-electron chi connectivity index (χ3n) is 3.77. The minimum absolute atomic E-state index is 0.115. The summed E-state index contributed by atoms with van der Waals surface area (Å²) in [6.45, 7) is 1.79. The highest BCUT2D eigenvalue weighted by atomic mass is 35.5. The zero-order valence-corrected chi connectivity index (χ0v) is 11.8. The average Bonchev–Trinajstić information content (AvgIpc) is 3.10. The van der Waals surface area contributed by atoms with Gasteiger partial charge in [-0.3, -0.25) is 0 Å². The highest BCUT2D eigenvalue weighted by Crippen LogP contribution is 2.39. The van der Waals surface area contributed by atoms with Gasteiger partial charge in [0.05, 0.1) is 10.1 Å². The normalized spacial score (nSPS) is 29.9. The largest absolute Gasteiger partial charge is 0.307 e. The first kappa shape index (κ1) is 12.5. The molecule has 0 amide bonds. The molecule has 3 rings (SSSR count). The highest BCUT2D eigenvalue weighted by Gasteiger charge is 2.38. The first-order valence-corrected chi connectivity index (χ1v) is 8.20. The first-order valence-electron chi connectivity index (χ1n) is 6.28. The molecule has 2 atom stereocenters. The van der Waals surface area contributed by atoms with Gasteiger partial charge in [0.15, 0.2) is 9.84 Å². The van der Waals surface area contributed by atoms with Crippen LogP contribution in [0.4, 0.5) is 0 Å². The van der Waals surface area contributed by atoms with Crippen molar-refractivity contribution in [1.29, 1.82) is 0 Å². The van der Waals surface area contributed by atoms with Crippen molar-refractivity contribution in [2.45, 2.75) is 48.4 Å². The van der Waals surface area contributed by atoms with Gasteiger partial charge in [0.25, 0.3) is 0 Å². The van der Waals surface area contributed by atoms with Crippen molar-refractivity contribution in [2.75, 3.05) is 0 Å². The zero-order valence-electron chi connectivity index (χ0n) is 10.2. The van der Waals surface area contributed by atoms with Gasteiger partial charge in [0.2, 0.25) is 0 Å². The molecule has 0 bridgehead atoms. The Bertz CT molecular complexity index is 581. The second-order valence-corrected chi connectivity index (χ2v) is 8.04. The molecule has 1 N–H and O–H groups in total. The summed E-state index contributed by atoms with van der Waals surface area (Å²) in [6, 6.07) is 5.76. The summed E-state index contributed by atoms with van der Waals surface area (Å²) in [5, 5.41) is 3.79. The van der Waals surface area contributed by atoms with Crippen LogP contribution in [0, 0.1) is 0 Å². The van der Waals surface area contributed by atoms with Gasteiger partial charge < -0.3 is 5.32 Å². The van der Waals surface area contributed by atoms with E-state index in [2.05, 4.69) is 5.32 Å². The maximum absolute atomic E-state index is 12.3. The summed E-state index contributed by atoms with van der Waals surface area (Å²) in [7, 11) is -3.18. The topological polar surface area (TPSA) is 46.2 Å². The number of hydrogen-bond acceptors (Lipinski definition) is 3. The molecule has 1 aromatic carbocycles. The fourth-order valence-corrected chi connectivity index (χ4v) is 4.39. The molecule has 1 heterocycles. The van der Waals surface area contributed by atoms with Crippen LogP contribution in [-0.4, -0.2) is 19.7 Å². The third kappa shape index (κ3) is 2.06. The molecule has 3 nitrogen and oxygen atoms in total. The predicted molar refractivity (Wildman–Crippen MR) is 71.6 cm³/mol. The van der Waals surface area contributed by atoms with Gasteiger partial charge in [-0.05, 0) is 49.9 Å². The summed E-state index contributed by atoms with van der Waals surface area (Å²) in [6.07, 6.45) is 3.01. The van der Waals surface area contributed by atoms with E-state index in [0.717, 1.165) is 5.56 Å². The van der Waals surface area contributed by atoms with Crippen molar-refractivity contribution in [2.24, 2.45) is 0 Å². The Morgan fingerprint density at radius 1 is 1.33 bits per heavy atom. The lowest BCUT2D eigenvalue weighted by Crippen LogP contribution is -2.35. The van der Waals surface area contributed by atoms with E-state index in [4.69, 9.17) is 11.6 Å². The molecule has 5 heteroatoms. The molecular weight excluding hydrogens is 270 g/mol. The Morgan fingerprint density at radius 2 is 2.06 bits per heavy atom. The second kappa shape index (κ2) is 4.22. The van der Waals surface area contributed by atoms with Gasteiger partial charge in [-0.1, -0.05) is 11.6 Å². The molecule has 0 aromatic heterocycles. The Hall–Kier alpha value is -0.580. The smallest absolute Gasteiger partial charge is 0.181 e. The third-order valence-corrected chi connectivity index (χ3v) is 6.24. The van der Waals surface area contributed by atoms with Crippen molar-refractivity contribution in [3.8, 4) is 0 Å². The molecule has 18 heavy (non-hydrogen) atoms. The van der Waals surface area contributed by atoms with Crippen LogP contribution < -0.4 is 5.32 Å². The van der Waals surface area contributed by atoms with E-state index in [9.17, 15) is 8.42 Å². The van der Waals surface area contributed by atoms with Gasteiger partial charge in [-0.25, -0.2) is 8.42 Å². The lowest BCUT2D eigenvalue weighted by molar-refractivity contribution is 0.461. The molecule has 1 aliphatic carbocycles. The van der Waals surface area contributed by atoms with Gasteiger partial charge in [-0.15, -0.1) is 0 Å². The number of fused-ring (bicyclic) bond motifs is 1. The maximum Gasteiger partial charge on any atom is 0.181 e. The van der Waals surface area contributed by atoms with E-state index in [1.807, 2.05) is 0 Å². The van der Waals surface area contributed by atoms with Crippen LogP contribution in [0.2, 0.25) is 5.02 Å². The van der Waals surface area contributed by atoms with Crippen LogP contribution in [0.1, 0.15) is 37.8 Å². The molecule has 1 fully saturated rings. The Morgan fingerprint density at radius 3 is 2.72 bits per heavy atom. The number of sulfone groups is 1. The van der Waals surface area contributed by atoms with Crippen LogP contribution in [-0.2, 0) is 9.84 Å². The van der Waals surface area contributed by atoms with Gasteiger partial charge in [-0.2, -0.15) is 0 Å². The fourth-order valence-electron chi connectivity index (χ4n) is 2.55. The van der Waals surface area contributed by atoms with Crippen molar-refractivity contribution in [3.05, 3.63) is 28.8 Å². The minimum Gasteiger partial charge on any atom is -0.307 e. The maximum atomic E-state index is 12.3. The Labute approximate surface area is 112 Å². The lowest BCUT2D eigenvalue weighted by Gasteiger charge is -2.30. The molecule has 1 aromatic rings.